The molecule has 0 bridgehead atoms. The van der Waals surface area contributed by atoms with Crippen LogP contribution in [0.2, 0.25) is 0 Å². The third-order valence-corrected chi connectivity index (χ3v) is 5.13. The van der Waals surface area contributed by atoms with E-state index in [9.17, 15) is 4.79 Å². The zero-order chi connectivity index (χ0) is 12.3. The molecule has 5 heteroatoms. The van der Waals surface area contributed by atoms with Crippen LogP contribution in [0.1, 0.15) is 19.8 Å². The van der Waals surface area contributed by atoms with Gasteiger partial charge in [-0.15, -0.1) is 11.8 Å². The maximum absolute atomic E-state index is 12.4. The average Bonchev–Trinajstić information content (AvgIpc) is 2.78. The van der Waals surface area contributed by atoms with Crippen molar-refractivity contribution >= 4 is 17.7 Å². The fourth-order valence-corrected chi connectivity index (χ4v) is 3.77. The smallest absolute Gasteiger partial charge is 0.238 e. The highest BCUT2D eigenvalue weighted by Gasteiger charge is 2.40. The molecule has 2 aliphatic heterocycles. The lowest BCUT2D eigenvalue weighted by atomic mass is 10.0. The number of piperazine rings is 1. The first-order chi connectivity index (χ1) is 8.15. The van der Waals surface area contributed by atoms with Crippen LogP contribution in [0.25, 0.3) is 0 Å². The van der Waals surface area contributed by atoms with Crippen molar-refractivity contribution in [3.63, 3.8) is 0 Å². The molecular weight excluding hydrogens is 234 g/mol. The van der Waals surface area contributed by atoms with Gasteiger partial charge in [-0.1, -0.05) is 0 Å². The van der Waals surface area contributed by atoms with E-state index in [1.54, 1.807) is 11.8 Å². The van der Waals surface area contributed by atoms with Crippen molar-refractivity contribution in [2.45, 2.75) is 24.5 Å². The molecule has 2 aliphatic rings. The highest BCUT2D eigenvalue weighted by atomic mass is 32.2. The predicted molar refractivity (Wildman–Crippen MR) is 68.7 cm³/mol. The molecule has 1 unspecified atom stereocenters. The Hall–Kier alpha value is -0.730. The van der Waals surface area contributed by atoms with Crippen LogP contribution in [0.4, 0.5) is 0 Å². The van der Waals surface area contributed by atoms with Crippen molar-refractivity contribution in [1.29, 1.82) is 5.26 Å². The summed E-state index contributed by atoms with van der Waals surface area (Å²) in [6, 6.07) is 2.16. The summed E-state index contributed by atoms with van der Waals surface area (Å²) in [5.41, 5.74) is 0. The molecule has 0 aromatic heterocycles. The van der Waals surface area contributed by atoms with Crippen LogP contribution in [-0.4, -0.2) is 58.9 Å². The number of nitriles is 1. The Bertz CT molecular complexity index is 325. The quantitative estimate of drug-likeness (QED) is 0.687. The van der Waals surface area contributed by atoms with Crippen LogP contribution in [0.3, 0.4) is 0 Å². The largest absolute Gasteiger partial charge is 0.339 e. The van der Waals surface area contributed by atoms with Gasteiger partial charge < -0.3 is 4.90 Å². The van der Waals surface area contributed by atoms with Crippen molar-refractivity contribution in [1.82, 2.24) is 9.80 Å². The Kier molecular flexibility index (Phi) is 3.95. The standard InChI is InChI=1S/C12H19N3OS/c1-12(3-2-10-17-12)11(16)15-8-6-14(5-4-13)7-9-15/h2-3,5-10H2,1H3. The third-order valence-electron chi connectivity index (χ3n) is 3.63. The molecule has 2 saturated heterocycles. The molecule has 94 valence electrons. The average molecular weight is 253 g/mol. The van der Waals surface area contributed by atoms with E-state index in [1.807, 2.05) is 4.90 Å². The number of carbonyl (C=O) groups is 1. The van der Waals surface area contributed by atoms with Crippen LogP contribution >= 0.6 is 11.8 Å². The second-order valence-corrected chi connectivity index (χ2v) is 6.51. The van der Waals surface area contributed by atoms with Gasteiger partial charge in [0.05, 0.1) is 17.4 Å². The number of amides is 1. The van der Waals surface area contributed by atoms with Crippen molar-refractivity contribution < 1.29 is 4.79 Å². The fraction of sp³-hybridized carbons (Fsp3) is 0.833. The lowest BCUT2D eigenvalue weighted by Gasteiger charge is -2.37. The maximum atomic E-state index is 12.4. The number of nitrogens with zero attached hydrogens (tertiary/aromatic N) is 3. The molecule has 1 atom stereocenters. The molecule has 0 N–H and O–H groups in total. The molecule has 2 fully saturated rings. The SMILES string of the molecule is CC1(C(=O)N2CCN(CC#N)CC2)CCCS1. The minimum atomic E-state index is -0.183. The summed E-state index contributed by atoms with van der Waals surface area (Å²) < 4.78 is -0.183. The van der Waals surface area contributed by atoms with Gasteiger partial charge in [-0.25, -0.2) is 0 Å². The van der Waals surface area contributed by atoms with Crippen molar-refractivity contribution in [2.24, 2.45) is 0 Å². The monoisotopic (exact) mass is 253 g/mol. The van der Waals surface area contributed by atoms with Gasteiger partial charge in [0, 0.05) is 26.2 Å². The molecule has 4 nitrogen and oxygen atoms in total. The summed E-state index contributed by atoms with van der Waals surface area (Å²) >= 11 is 1.80. The highest BCUT2D eigenvalue weighted by Crippen LogP contribution is 2.39. The van der Waals surface area contributed by atoms with E-state index < -0.39 is 0 Å². The normalized spacial score (nSPS) is 30.2. The van der Waals surface area contributed by atoms with E-state index in [0.717, 1.165) is 44.8 Å². The molecule has 17 heavy (non-hydrogen) atoms. The molecule has 0 spiro atoms. The third kappa shape index (κ3) is 2.75. The molecule has 2 rings (SSSR count). The van der Waals surface area contributed by atoms with Crippen molar-refractivity contribution in [3.05, 3.63) is 0 Å². The first-order valence-corrected chi connectivity index (χ1v) is 7.17. The summed E-state index contributed by atoms with van der Waals surface area (Å²) in [7, 11) is 0. The van der Waals surface area contributed by atoms with Gasteiger partial charge >= 0.3 is 0 Å². The van der Waals surface area contributed by atoms with Crippen LogP contribution in [0.15, 0.2) is 0 Å². The Morgan fingerprint density at radius 2 is 2.12 bits per heavy atom. The van der Waals surface area contributed by atoms with Crippen LogP contribution < -0.4 is 0 Å². The Balaban J connectivity index is 1.88. The van der Waals surface area contributed by atoms with Gasteiger partial charge in [-0.2, -0.15) is 5.26 Å². The molecule has 0 radical (unpaired) electrons. The molecule has 0 aromatic rings. The summed E-state index contributed by atoms with van der Waals surface area (Å²) in [4.78, 5) is 16.5. The van der Waals surface area contributed by atoms with E-state index in [2.05, 4.69) is 17.9 Å². The number of carbonyl (C=O) groups excluding carboxylic acids is 1. The second-order valence-electron chi connectivity index (χ2n) is 4.91. The second kappa shape index (κ2) is 5.28. The van der Waals surface area contributed by atoms with E-state index in [1.165, 1.54) is 0 Å². The Morgan fingerprint density at radius 3 is 2.65 bits per heavy atom. The van der Waals surface area contributed by atoms with E-state index in [-0.39, 0.29) is 4.75 Å². The Morgan fingerprint density at radius 1 is 1.41 bits per heavy atom. The van der Waals surface area contributed by atoms with Crippen LogP contribution in [-0.2, 0) is 4.79 Å². The molecule has 0 aromatic carbocycles. The van der Waals surface area contributed by atoms with E-state index in [0.29, 0.717) is 12.5 Å². The summed E-state index contributed by atoms with van der Waals surface area (Å²) in [5, 5.41) is 8.63. The summed E-state index contributed by atoms with van der Waals surface area (Å²) in [6.07, 6.45) is 2.16. The van der Waals surface area contributed by atoms with E-state index in [4.69, 9.17) is 5.26 Å². The van der Waals surface area contributed by atoms with Gasteiger partial charge in [0.15, 0.2) is 0 Å². The Labute approximate surface area is 107 Å². The fourth-order valence-electron chi connectivity index (χ4n) is 2.49. The van der Waals surface area contributed by atoms with Gasteiger partial charge in [0.1, 0.15) is 0 Å². The zero-order valence-electron chi connectivity index (χ0n) is 10.3. The van der Waals surface area contributed by atoms with Crippen LogP contribution in [0.5, 0.6) is 0 Å². The molecule has 0 saturated carbocycles. The highest BCUT2D eigenvalue weighted by molar-refractivity contribution is 8.01. The lowest BCUT2D eigenvalue weighted by Crippen LogP contribution is -2.53. The first kappa shape index (κ1) is 12.7. The zero-order valence-corrected chi connectivity index (χ0v) is 11.1. The van der Waals surface area contributed by atoms with Gasteiger partial charge in [-0.05, 0) is 25.5 Å². The predicted octanol–water partition coefficient (Wildman–Crippen LogP) is 0.940. The molecule has 2 heterocycles. The number of hydrogen-bond donors (Lipinski definition) is 0. The number of hydrogen-bond acceptors (Lipinski definition) is 4. The van der Waals surface area contributed by atoms with Crippen molar-refractivity contribution in [2.75, 3.05) is 38.5 Å². The molecule has 0 aliphatic carbocycles. The van der Waals surface area contributed by atoms with Crippen LogP contribution in [0, 0.1) is 11.3 Å². The van der Waals surface area contributed by atoms with Gasteiger partial charge in [-0.3, -0.25) is 9.69 Å². The molecular formula is C12H19N3OS. The minimum absolute atomic E-state index is 0.183. The number of rotatable bonds is 2. The maximum Gasteiger partial charge on any atom is 0.238 e. The summed E-state index contributed by atoms with van der Waals surface area (Å²) in [6.45, 7) is 5.77. The van der Waals surface area contributed by atoms with E-state index >= 15 is 0 Å². The lowest BCUT2D eigenvalue weighted by molar-refractivity contribution is -0.135. The number of thioether (sulfide) groups is 1. The van der Waals surface area contributed by atoms with Gasteiger partial charge in [0.2, 0.25) is 5.91 Å². The van der Waals surface area contributed by atoms with Gasteiger partial charge in [0.25, 0.3) is 0 Å². The van der Waals surface area contributed by atoms with Crippen molar-refractivity contribution in [3.8, 4) is 6.07 Å². The first-order valence-electron chi connectivity index (χ1n) is 6.18. The topological polar surface area (TPSA) is 47.3 Å². The minimum Gasteiger partial charge on any atom is -0.339 e. The summed E-state index contributed by atoms with van der Waals surface area (Å²) in [5.74, 6) is 1.41. The molecule has 1 amide bonds.